The van der Waals surface area contributed by atoms with Gasteiger partial charge in [-0.3, -0.25) is 4.72 Å². The van der Waals surface area contributed by atoms with E-state index in [-0.39, 0.29) is 0 Å². The highest BCUT2D eigenvalue weighted by atomic mass is 35.5. The predicted octanol–water partition coefficient (Wildman–Crippen LogP) is 2.94. The first-order chi connectivity index (χ1) is 10.7. The first-order valence-electron chi connectivity index (χ1n) is 6.44. The van der Waals surface area contributed by atoms with Crippen LogP contribution in [0.4, 0.5) is 27.5 Å². The summed E-state index contributed by atoms with van der Waals surface area (Å²) < 4.78 is 24.5. The van der Waals surface area contributed by atoms with Gasteiger partial charge in [-0.05, 0) is 42.5 Å². The number of urea groups is 1. The Labute approximate surface area is 138 Å². The molecule has 0 aliphatic carbocycles. The highest BCUT2D eigenvalue weighted by Crippen LogP contribution is 2.24. The summed E-state index contributed by atoms with van der Waals surface area (Å²) in [5.41, 5.74) is 7.39. The zero-order chi connectivity index (χ0) is 17.0. The molecular weight excluding hydrogens is 340 g/mol. The van der Waals surface area contributed by atoms with Crippen LogP contribution >= 0.6 is 11.6 Å². The van der Waals surface area contributed by atoms with E-state index in [0.29, 0.717) is 27.8 Å². The number of carbonyl (C=O) groups excluding carboxylic acids is 1. The van der Waals surface area contributed by atoms with Gasteiger partial charge in [-0.2, -0.15) is 0 Å². The number of nitrogens with one attached hydrogen (secondary N) is 3. The number of sulfonamides is 1. The third kappa shape index (κ3) is 5.35. The first kappa shape index (κ1) is 16.9. The Morgan fingerprint density at radius 1 is 1.04 bits per heavy atom. The van der Waals surface area contributed by atoms with Gasteiger partial charge in [0.15, 0.2) is 0 Å². The molecule has 2 aromatic rings. The number of nitrogen functional groups attached to an aromatic ring is 1. The van der Waals surface area contributed by atoms with Crippen LogP contribution < -0.4 is 21.1 Å². The topological polar surface area (TPSA) is 113 Å². The molecule has 0 heterocycles. The van der Waals surface area contributed by atoms with Crippen molar-refractivity contribution in [1.29, 1.82) is 0 Å². The summed E-state index contributed by atoms with van der Waals surface area (Å²) in [4.78, 5) is 11.9. The lowest BCUT2D eigenvalue weighted by atomic mass is 10.3. The number of anilines is 4. The maximum atomic E-state index is 11.9. The summed E-state index contributed by atoms with van der Waals surface area (Å²) in [6, 6.07) is 10.5. The molecule has 0 aliphatic heterocycles. The number of halogens is 1. The van der Waals surface area contributed by atoms with Crippen LogP contribution in [0.25, 0.3) is 0 Å². The van der Waals surface area contributed by atoms with Gasteiger partial charge in [0.2, 0.25) is 10.0 Å². The number of rotatable bonds is 4. The fraction of sp³-hybridized carbons (Fsp3) is 0.0714. The van der Waals surface area contributed by atoms with Gasteiger partial charge in [-0.25, -0.2) is 13.2 Å². The molecule has 23 heavy (non-hydrogen) atoms. The van der Waals surface area contributed by atoms with E-state index in [1.807, 2.05) is 0 Å². The van der Waals surface area contributed by atoms with E-state index in [0.717, 1.165) is 6.26 Å². The fourth-order valence-corrected chi connectivity index (χ4v) is 2.55. The van der Waals surface area contributed by atoms with Gasteiger partial charge in [0, 0.05) is 17.1 Å². The summed E-state index contributed by atoms with van der Waals surface area (Å²) in [6.07, 6.45) is 1.06. The average molecular weight is 355 g/mol. The van der Waals surface area contributed by atoms with E-state index in [1.165, 1.54) is 18.2 Å². The van der Waals surface area contributed by atoms with Crippen molar-refractivity contribution in [3.05, 3.63) is 47.5 Å². The number of nitrogens with two attached hydrogens (primary N) is 1. The van der Waals surface area contributed by atoms with Crippen LogP contribution in [0.3, 0.4) is 0 Å². The Kier molecular flexibility index (Phi) is 4.97. The SMILES string of the molecule is CS(=O)(=O)Nc1ccc(NC(=O)Nc2ccc(N)cc2Cl)cc1. The van der Waals surface area contributed by atoms with Crippen molar-refractivity contribution in [3.8, 4) is 0 Å². The number of amides is 2. The van der Waals surface area contributed by atoms with Gasteiger partial charge in [0.1, 0.15) is 0 Å². The zero-order valence-corrected chi connectivity index (χ0v) is 13.7. The number of benzene rings is 2. The summed E-state index contributed by atoms with van der Waals surface area (Å²) in [7, 11) is -3.34. The molecule has 0 bridgehead atoms. The van der Waals surface area contributed by atoms with Gasteiger partial charge in [0.25, 0.3) is 0 Å². The molecule has 0 spiro atoms. The molecule has 2 amide bonds. The van der Waals surface area contributed by atoms with Crippen molar-refractivity contribution in [2.24, 2.45) is 0 Å². The summed E-state index contributed by atoms with van der Waals surface area (Å²) >= 11 is 5.97. The molecule has 0 aliphatic rings. The lowest BCUT2D eigenvalue weighted by Gasteiger charge is -2.10. The molecule has 122 valence electrons. The molecule has 2 rings (SSSR count). The normalized spacial score (nSPS) is 10.9. The quantitative estimate of drug-likeness (QED) is 0.632. The van der Waals surface area contributed by atoms with Gasteiger partial charge in [-0.15, -0.1) is 0 Å². The van der Waals surface area contributed by atoms with Crippen LogP contribution in [-0.4, -0.2) is 20.7 Å². The maximum absolute atomic E-state index is 11.9. The minimum absolute atomic E-state index is 0.327. The van der Waals surface area contributed by atoms with Gasteiger partial charge in [0.05, 0.1) is 17.0 Å². The summed E-state index contributed by atoms with van der Waals surface area (Å²) in [6.45, 7) is 0. The van der Waals surface area contributed by atoms with Gasteiger partial charge in [-0.1, -0.05) is 11.6 Å². The van der Waals surface area contributed by atoms with E-state index in [2.05, 4.69) is 15.4 Å². The highest BCUT2D eigenvalue weighted by Gasteiger charge is 2.07. The second kappa shape index (κ2) is 6.76. The Morgan fingerprint density at radius 2 is 1.65 bits per heavy atom. The molecule has 5 N–H and O–H groups in total. The van der Waals surface area contributed by atoms with Crippen molar-refractivity contribution in [3.63, 3.8) is 0 Å². The first-order valence-corrected chi connectivity index (χ1v) is 8.71. The Bertz CT molecular complexity index is 822. The summed E-state index contributed by atoms with van der Waals surface area (Å²) in [5, 5.41) is 5.52. The third-order valence-electron chi connectivity index (χ3n) is 2.69. The molecule has 0 atom stereocenters. The lowest BCUT2D eigenvalue weighted by molar-refractivity contribution is 0.262. The molecule has 9 heteroatoms. The molecule has 2 aromatic carbocycles. The average Bonchev–Trinajstić information content (AvgIpc) is 2.42. The van der Waals surface area contributed by atoms with Crippen molar-refractivity contribution >= 4 is 50.4 Å². The van der Waals surface area contributed by atoms with Crippen LogP contribution in [0.2, 0.25) is 5.02 Å². The van der Waals surface area contributed by atoms with Crippen LogP contribution in [0, 0.1) is 0 Å². The highest BCUT2D eigenvalue weighted by molar-refractivity contribution is 7.92. The van der Waals surface area contributed by atoms with E-state index in [1.54, 1.807) is 24.3 Å². The van der Waals surface area contributed by atoms with Crippen LogP contribution in [0.15, 0.2) is 42.5 Å². The monoisotopic (exact) mass is 354 g/mol. The maximum Gasteiger partial charge on any atom is 0.323 e. The van der Waals surface area contributed by atoms with Crippen LogP contribution in [0.5, 0.6) is 0 Å². The van der Waals surface area contributed by atoms with E-state index >= 15 is 0 Å². The molecule has 0 radical (unpaired) electrons. The van der Waals surface area contributed by atoms with Gasteiger partial charge >= 0.3 is 6.03 Å². The number of carbonyl (C=O) groups is 1. The second-order valence-electron chi connectivity index (χ2n) is 4.77. The smallest absolute Gasteiger partial charge is 0.323 e. The third-order valence-corrected chi connectivity index (χ3v) is 3.61. The lowest BCUT2D eigenvalue weighted by Crippen LogP contribution is -2.19. The molecular formula is C14H15ClN4O3S. The van der Waals surface area contributed by atoms with Crippen LogP contribution in [-0.2, 0) is 10.0 Å². The van der Waals surface area contributed by atoms with Crippen molar-refractivity contribution in [2.75, 3.05) is 27.3 Å². The van der Waals surface area contributed by atoms with E-state index in [4.69, 9.17) is 17.3 Å². The molecule has 0 fully saturated rings. The molecule has 0 saturated carbocycles. The van der Waals surface area contributed by atoms with Crippen molar-refractivity contribution in [1.82, 2.24) is 0 Å². The minimum atomic E-state index is -3.34. The zero-order valence-electron chi connectivity index (χ0n) is 12.1. The Balaban J connectivity index is 2.00. The standard InChI is InChI=1S/C14H15ClN4O3S/c1-23(21,22)19-11-5-3-10(4-6-11)17-14(20)18-13-7-2-9(16)8-12(13)15/h2-8,19H,16H2,1H3,(H2,17,18,20). The molecule has 0 aromatic heterocycles. The summed E-state index contributed by atoms with van der Waals surface area (Å²) in [5.74, 6) is 0. The minimum Gasteiger partial charge on any atom is -0.399 e. The fourth-order valence-electron chi connectivity index (χ4n) is 1.75. The molecule has 0 saturated heterocycles. The predicted molar refractivity (Wildman–Crippen MR) is 93.4 cm³/mol. The molecule has 7 nitrogen and oxygen atoms in total. The molecule has 0 unspecified atom stereocenters. The van der Waals surface area contributed by atoms with Crippen molar-refractivity contribution < 1.29 is 13.2 Å². The second-order valence-corrected chi connectivity index (χ2v) is 6.93. The number of hydrogen-bond donors (Lipinski definition) is 4. The van der Waals surface area contributed by atoms with Crippen LogP contribution in [0.1, 0.15) is 0 Å². The largest absolute Gasteiger partial charge is 0.399 e. The van der Waals surface area contributed by atoms with Gasteiger partial charge < -0.3 is 16.4 Å². The van der Waals surface area contributed by atoms with Crippen molar-refractivity contribution in [2.45, 2.75) is 0 Å². The van der Waals surface area contributed by atoms with E-state index in [9.17, 15) is 13.2 Å². The Morgan fingerprint density at radius 3 is 2.22 bits per heavy atom. The number of hydrogen-bond acceptors (Lipinski definition) is 4. The Hall–Kier alpha value is -2.45. The van der Waals surface area contributed by atoms with E-state index < -0.39 is 16.1 Å².